The van der Waals surface area contributed by atoms with Gasteiger partial charge in [0.05, 0.1) is 9.82 Å². The van der Waals surface area contributed by atoms with Gasteiger partial charge in [-0.05, 0) is 43.0 Å². The second kappa shape index (κ2) is 9.68. The van der Waals surface area contributed by atoms with Gasteiger partial charge in [-0.2, -0.15) is 4.31 Å². The molecule has 0 unspecified atom stereocenters. The first-order chi connectivity index (χ1) is 14.4. The Morgan fingerprint density at radius 2 is 1.70 bits per heavy atom. The van der Waals surface area contributed by atoms with Gasteiger partial charge in [0.15, 0.2) is 0 Å². The van der Waals surface area contributed by atoms with Gasteiger partial charge < -0.3 is 0 Å². The number of amides is 1. The SMILES string of the molecule is O=C(CCc1ccc(S(=O)(=O)N2CCCCC2)cc1)NNc1ccccc1[N+](=O)[O-]. The Hall–Kier alpha value is -2.98. The fourth-order valence-electron chi connectivity index (χ4n) is 3.28. The van der Waals surface area contributed by atoms with Crippen LogP contribution in [0.15, 0.2) is 53.4 Å². The minimum absolute atomic E-state index is 0.136. The Morgan fingerprint density at radius 1 is 1.03 bits per heavy atom. The number of hydrazine groups is 1. The van der Waals surface area contributed by atoms with Crippen LogP contribution in [0.25, 0.3) is 0 Å². The third-order valence-corrected chi connectivity index (χ3v) is 6.87. The number of nitrogens with one attached hydrogen (secondary N) is 2. The number of hydrogen-bond acceptors (Lipinski definition) is 6. The number of nitro groups is 1. The maximum absolute atomic E-state index is 12.7. The average molecular weight is 433 g/mol. The molecule has 1 aliphatic rings. The van der Waals surface area contributed by atoms with Gasteiger partial charge in [-0.15, -0.1) is 0 Å². The van der Waals surface area contributed by atoms with Crippen molar-refractivity contribution in [3.8, 4) is 0 Å². The van der Waals surface area contributed by atoms with Crippen LogP contribution in [-0.2, 0) is 21.2 Å². The van der Waals surface area contributed by atoms with Crippen molar-refractivity contribution >= 4 is 27.3 Å². The summed E-state index contributed by atoms with van der Waals surface area (Å²) in [6.45, 7) is 1.10. The van der Waals surface area contributed by atoms with E-state index in [0.717, 1.165) is 24.8 Å². The fourth-order valence-corrected chi connectivity index (χ4v) is 4.80. The lowest BCUT2D eigenvalue weighted by Gasteiger charge is -2.25. The van der Waals surface area contributed by atoms with Crippen LogP contribution in [0.5, 0.6) is 0 Å². The summed E-state index contributed by atoms with van der Waals surface area (Å²) >= 11 is 0. The normalized spacial score (nSPS) is 14.8. The first kappa shape index (κ1) is 21.7. The Morgan fingerprint density at radius 3 is 2.37 bits per heavy atom. The van der Waals surface area contributed by atoms with Crippen LogP contribution < -0.4 is 10.9 Å². The maximum atomic E-state index is 12.7. The molecule has 0 atom stereocenters. The molecule has 10 heteroatoms. The lowest BCUT2D eigenvalue weighted by Crippen LogP contribution is -2.35. The summed E-state index contributed by atoms with van der Waals surface area (Å²) in [6.07, 6.45) is 3.37. The van der Waals surface area contributed by atoms with Crippen LogP contribution in [0, 0.1) is 10.1 Å². The lowest BCUT2D eigenvalue weighted by atomic mass is 10.1. The van der Waals surface area contributed by atoms with Gasteiger partial charge in [0, 0.05) is 25.6 Å². The molecule has 2 N–H and O–H groups in total. The van der Waals surface area contributed by atoms with Gasteiger partial charge in [-0.1, -0.05) is 30.7 Å². The Balaban J connectivity index is 1.52. The van der Waals surface area contributed by atoms with E-state index in [-0.39, 0.29) is 28.6 Å². The van der Waals surface area contributed by atoms with Crippen LogP contribution in [0.2, 0.25) is 0 Å². The molecule has 9 nitrogen and oxygen atoms in total. The first-order valence-electron chi connectivity index (χ1n) is 9.75. The zero-order valence-electron chi connectivity index (χ0n) is 16.4. The van der Waals surface area contributed by atoms with Gasteiger partial charge in [0.1, 0.15) is 5.69 Å². The molecule has 3 rings (SSSR count). The van der Waals surface area contributed by atoms with Gasteiger partial charge in [0.2, 0.25) is 15.9 Å². The predicted octanol–water partition coefficient (Wildman–Crippen LogP) is 2.85. The second-order valence-electron chi connectivity index (χ2n) is 7.06. The molecule has 0 aromatic heterocycles. The number of carbonyl (C=O) groups is 1. The van der Waals surface area contributed by atoms with Crippen molar-refractivity contribution in [1.82, 2.24) is 9.73 Å². The van der Waals surface area contributed by atoms with Crippen molar-refractivity contribution in [2.45, 2.75) is 37.0 Å². The molecule has 30 heavy (non-hydrogen) atoms. The summed E-state index contributed by atoms with van der Waals surface area (Å²) in [5.41, 5.74) is 5.91. The van der Waals surface area contributed by atoms with Crippen LogP contribution in [-0.4, -0.2) is 36.6 Å². The van der Waals surface area contributed by atoms with Crippen LogP contribution in [0.3, 0.4) is 0 Å². The molecule has 1 saturated heterocycles. The molecule has 0 bridgehead atoms. The molecule has 1 fully saturated rings. The van der Waals surface area contributed by atoms with E-state index in [2.05, 4.69) is 10.9 Å². The fraction of sp³-hybridized carbons (Fsp3) is 0.350. The number of nitrogens with zero attached hydrogens (tertiary/aromatic N) is 2. The molecule has 0 spiro atoms. The van der Waals surface area contributed by atoms with Crippen LogP contribution in [0.1, 0.15) is 31.2 Å². The number of anilines is 1. The maximum Gasteiger partial charge on any atom is 0.294 e. The van der Waals surface area contributed by atoms with E-state index in [9.17, 15) is 23.3 Å². The number of rotatable bonds is 8. The Labute approximate surface area is 175 Å². The van der Waals surface area contributed by atoms with Gasteiger partial charge in [0.25, 0.3) is 5.69 Å². The Kier molecular flexibility index (Phi) is 7.01. The van der Waals surface area contributed by atoms with Crippen molar-refractivity contribution in [2.24, 2.45) is 0 Å². The highest BCUT2D eigenvalue weighted by Gasteiger charge is 2.25. The summed E-state index contributed by atoms with van der Waals surface area (Å²) in [7, 11) is -3.47. The van der Waals surface area contributed by atoms with Crippen LogP contribution in [0.4, 0.5) is 11.4 Å². The summed E-state index contributed by atoms with van der Waals surface area (Å²) in [6, 6.07) is 12.6. The van der Waals surface area contributed by atoms with Gasteiger partial charge in [-0.25, -0.2) is 8.42 Å². The summed E-state index contributed by atoms with van der Waals surface area (Å²) in [5, 5.41) is 11.0. The highest BCUT2D eigenvalue weighted by molar-refractivity contribution is 7.89. The summed E-state index contributed by atoms with van der Waals surface area (Å²) in [5.74, 6) is -0.335. The number of nitro benzene ring substituents is 1. The molecule has 1 aliphatic heterocycles. The predicted molar refractivity (Wildman–Crippen MR) is 112 cm³/mol. The molecule has 0 aliphatic carbocycles. The molecule has 0 saturated carbocycles. The Bertz CT molecular complexity index is 1000. The molecule has 1 amide bonds. The van der Waals surface area contributed by atoms with E-state index in [0.29, 0.717) is 19.5 Å². The van der Waals surface area contributed by atoms with Crippen molar-refractivity contribution < 1.29 is 18.1 Å². The number of aryl methyl sites for hydroxylation is 1. The third kappa shape index (κ3) is 5.33. The quantitative estimate of drug-likeness (QED) is 0.489. The number of para-hydroxylation sites is 2. The standard InChI is InChI=1S/C20H24N4O5S/c25-20(22-21-18-6-2-3-7-19(18)24(26)27)13-10-16-8-11-17(12-9-16)30(28,29)23-14-4-1-5-15-23/h2-3,6-9,11-12,21H,1,4-5,10,13-15H2,(H,22,25). The van der Waals surface area contributed by atoms with Crippen LogP contribution >= 0.6 is 0 Å². The molecule has 0 radical (unpaired) electrons. The number of carbonyl (C=O) groups excluding carboxylic acids is 1. The molecule has 2 aromatic carbocycles. The minimum Gasteiger partial charge on any atom is -0.292 e. The van der Waals surface area contributed by atoms with E-state index in [4.69, 9.17) is 0 Å². The molecular formula is C20H24N4O5S. The van der Waals surface area contributed by atoms with Crippen molar-refractivity contribution in [3.05, 3.63) is 64.2 Å². The largest absolute Gasteiger partial charge is 0.294 e. The monoisotopic (exact) mass is 432 g/mol. The van der Waals surface area contributed by atoms with Gasteiger partial charge >= 0.3 is 0 Å². The highest BCUT2D eigenvalue weighted by Crippen LogP contribution is 2.23. The number of piperidine rings is 1. The zero-order valence-corrected chi connectivity index (χ0v) is 17.2. The number of sulfonamides is 1. The van der Waals surface area contributed by atoms with Crippen molar-refractivity contribution in [1.29, 1.82) is 0 Å². The van der Waals surface area contributed by atoms with E-state index in [1.165, 1.54) is 16.4 Å². The van der Waals surface area contributed by atoms with Gasteiger partial charge in [-0.3, -0.25) is 25.8 Å². The van der Waals surface area contributed by atoms with E-state index in [1.807, 2.05) is 0 Å². The smallest absolute Gasteiger partial charge is 0.292 e. The van der Waals surface area contributed by atoms with E-state index >= 15 is 0 Å². The van der Waals surface area contributed by atoms with E-state index in [1.54, 1.807) is 36.4 Å². The summed E-state index contributed by atoms with van der Waals surface area (Å²) < 4.78 is 26.9. The molecular weight excluding hydrogens is 408 g/mol. The lowest BCUT2D eigenvalue weighted by molar-refractivity contribution is -0.384. The highest BCUT2D eigenvalue weighted by atomic mass is 32.2. The first-order valence-corrected chi connectivity index (χ1v) is 11.2. The van der Waals surface area contributed by atoms with Crippen molar-refractivity contribution in [3.63, 3.8) is 0 Å². The zero-order chi connectivity index (χ0) is 21.6. The molecule has 2 aromatic rings. The second-order valence-corrected chi connectivity index (χ2v) is 8.99. The molecule has 160 valence electrons. The number of benzene rings is 2. The van der Waals surface area contributed by atoms with E-state index < -0.39 is 14.9 Å². The topological polar surface area (TPSA) is 122 Å². The number of hydrogen-bond donors (Lipinski definition) is 2. The minimum atomic E-state index is -3.47. The van der Waals surface area contributed by atoms with Crippen molar-refractivity contribution in [2.75, 3.05) is 18.5 Å². The average Bonchev–Trinajstić information content (AvgIpc) is 2.77. The summed E-state index contributed by atoms with van der Waals surface area (Å²) in [4.78, 5) is 22.8. The molecule has 1 heterocycles. The third-order valence-electron chi connectivity index (χ3n) is 4.95.